The van der Waals surface area contributed by atoms with Gasteiger partial charge in [0.1, 0.15) is 0 Å². The lowest BCUT2D eigenvalue weighted by Crippen LogP contribution is -2.35. The van der Waals surface area contributed by atoms with E-state index >= 15 is 0 Å². The van der Waals surface area contributed by atoms with E-state index in [9.17, 15) is 4.79 Å². The summed E-state index contributed by atoms with van der Waals surface area (Å²) in [4.78, 5) is 21.8. The van der Waals surface area contributed by atoms with Crippen molar-refractivity contribution < 1.29 is 14.3 Å². The number of carbonyl (C=O) groups is 1. The molecule has 1 aromatic heterocycles. The molecule has 0 atom stereocenters. The number of rotatable bonds is 5. The maximum Gasteiger partial charge on any atom is 0.222 e. The minimum Gasteiger partial charge on any atom is -0.490 e. The highest BCUT2D eigenvalue weighted by Crippen LogP contribution is 2.30. The molecule has 0 unspecified atom stereocenters. The average Bonchev–Trinajstić information content (AvgIpc) is 2.91. The highest BCUT2D eigenvalue weighted by Gasteiger charge is 2.20. The summed E-state index contributed by atoms with van der Waals surface area (Å²) in [6, 6.07) is 6.03. The minimum atomic E-state index is 0.239. The molecule has 1 aromatic carbocycles. The van der Waals surface area contributed by atoms with Gasteiger partial charge in [-0.15, -0.1) is 11.3 Å². The van der Waals surface area contributed by atoms with Gasteiger partial charge in [0.25, 0.3) is 0 Å². The summed E-state index contributed by atoms with van der Waals surface area (Å²) in [5.41, 5.74) is 2.26. The Kier molecular flexibility index (Phi) is 6.67. The first-order chi connectivity index (χ1) is 14.2. The minimum absolute atomic E-state index is 0.239. The Morgan fingerprint density at radius 2 is 1.97 bits per heavy atom. The van der Waals surface area contributed by atoms with Crippen LogP contribution in [0.3, 0.4) is 0 Å². The molecular formula is C22H29N3O3S. The van der Waals surface area contributed by atoms with Crippen LogP contribution in [0.4, 0.5) is 0 Å². The van der Waals surface area contributed by atoms with Crippen molar-refractivity contribution in [2.24, 2.45) is 0 Å². The second-order valence-electron chi connectivity index (χ2n) is 7.70. The molecule has 0 N–H and O–H groups in total. The number of thiazole rings is 1. The number of hydrogen-bond acceptors (Lipinski definition) is 6. The molecule has 1 amide bonds. The van der Waals surface area contributed by atoms with Gasteiger partial charge in [0.05, 0.1) is 23.9 Å². The van der Waals surface area contributed by atoms with Crippen molar-refractivity contribution in [1.82, 2.24) is 14.8 Å². The first kappa shape index (κ1) is 20.2. The van der Waals surface area contributed by atoms with Crippen LogP contribution in [0.25, 0.3) is 0 Å². The average molecular weight is 416 g/mol. The van der Waals surface area contributed by atoms with Crippen LogP contribution >= 0.6 is 11.3 Å². The number of amides is 1. The van der Waals surface area contributed by atoms with Crippen molar-refractivity contribution in [3.8, 4) is 11.5 Å². The van der Waals surface area contributed by atoms with Crippen molar-refractivity contribution in [2.75, 3.05) is 39.4 Å². The fourth-order valence-corrected chi connectivity index (χ4v) is 4.46. The molecule has 0 radical (unpaired) electrons. The third kappa shape index (κ3) is 5.48. The molecule has 0 saturated carbocycles. The summed E-state index contributed by atoms with van der Waals surface area (Å²) in [6.07, 6.45) is 3.17. The molecule has 7 heteroatoms. The molecule has 2 aliphatic rings. The van der Waals surface area contributed by atoms with Crippen molar-refractivity contribution >= 4 is 17.2 Å². The summed E-state index contributed by atoms with van der Waals surface area (Å²) in [5, 5.41) is 3.25. The van der Waals surface area contributed by atoms with E-state index in [1.165, 1.54) is 0 Å². The van der Waals surface area contributed by atoms with E-state index in [-0.39, 0.29) is 5.91 Å². The Balaban J connectivity index is 1.27. The Morgan fingerprint density at radius 3 is 2.79 bits per heavy atom. The summed E-state index contributed by atoms with van der Waals surface area (Å²) in [6.45, 7) is 7.85. The fourth-order valence-electron chi connectivity index (χ4n) is 3.86. The summed E-state index contributed by atoms with van der Waals surface area (Å²) in [5.74, 6) is 1.85. The SMILES string of the molecule is Cc1nc(CN2CCCN(C(=O)CCc3ccc4c(c3)OCCCO4)CC2)cs1. The zero-order chi connectivity index (χ0) is 20.1. The van der Waals surface area contributed by atoms with Crippen LogP contribution in [0.2, 0.25) is 0 Å². The molecule has 2 aliphatic heterocycles. The van der Waals surface area contributed by atoms with Crippen molar-refractivity contribution in [2.45, 2.75) is 39.2 Å². The van der Waals surface area contributed by atoms with Crippen LogP contribution in [0.1, 0.15) is 35.5 Å². The third-order valence-corrected chi connectivity index (χ3v) is 6.26. The van der Waals surface area contributed by atoms with Gasteiger partial charge >= 0.3 is 0 Å². The number of benzene rings is 1. The maximum absolute atomic E-state index is 12.8. The van der Waals surface area contributed by atoms with Crippen molar-refractivity contribution in [1.29, 1.82) is 0 Å². The molecule has 0 bridgehead atoms. The van der Waals surface area contributed by atoms with E-state index in [0.717, 1.165) is 79.8 Å². The molecule has 1 fully saturated rings. The number of aromatic nitrogens is 1. The highest BCUT2D eigenvalue weighted by atomic mass is 32.1. The second-order valence-corrected chi connectivity index (χ2v) is 8.76. The molecule has 6 nitrogen and oxygen atoms in total. The highest BCUT2D eigenvalue weighted by molar-refractivity contribution is 7.09. The van der Waals surface area contributed by atoms with Gasteiger partial charge in [-0.2, -0.15) is 0 Å². The van der Waals surface area contributed by atoms with Gasteiger partial charge in [-0.3, -0.25) is 9.69 Å². The number of carbonyl (C=O) groups excluding carboxylic acids is 1. The van der Waals surface area contributed by atoms with E-state index in [4.69, 9.17) is 9.47 Å². The van der Waals surface area contributed by atoms with Gasteiger partial charge in [0.2, 0.25) is 5.91 Å². The molecule has 0 aliphatic carbocycles. The van der Waals surface area contributed by atoms with Crippen molar-refractivity contribution in [3.05, 3.63) is 39.8 Å². The monoisotopic (exact) mass is 415 g/mol. The van der Waals surface area contributed by atoms with Crippen LogP contribution < -0.4 is 9.47 Å². The number of nitrogens with zero attached hydrogens (tertiary/aromatic N) is 3. The van der Waals surface area contributed by atoms with Gasteiger partial charge in [0, 0.05) is 50.9 Å². The number of hydrogen-bond donors (Lipinski definition) is 0. The number of ether oxygens (including phenoxy) is 2. The van der Waals surface area contributed by atoms with Crippen LogP contribution in [0, 0.1) is 6.92 Å². The molecule has 2 aromatic rings. The first-order valence-corrected chi connectivity index (χ1v) is 11.3. The number of aryl methyl sites for hydroxylation is 2. The zero-order valence-electron chi connectivity index (χ0n) is 17.1. The topological polar surface area (TPSA) is 54.9 Å². The van der Waals surface area contributed by atoms with E-state index in [2.05, 4.69) is 15.3 Å². The molecule has 1 saturated heterocycles. The quantitative estimate of drug-likeness (QED) is 0.750. The summed E-state index contributed by atoms with van der Waals surface area (Å²) in [7, 11) is 0. The Morgan fingerprint density at radius 1 is 1.10 bits per heavy atom. The predicted molar refractivity (Wildman–Crippen MR) is 114 cm³/mol. The van der Waals surface area contributed by atoms with E-state index in [1.54, 1.807) is 11.3 Å². The lowest BCUT2D eigenvalue weighted by molar-refractivity contribution is -0.131. The fraction of sp³-hybridized carbons (Fsp3) is 0.545. The van der Waals surface area contributed by atoms with Gasteiger partial charge in [0.15, 0.2) is 11.5 Å². The molecular weight excluding hydrogens is 386 g/mol. The van der Waals surface area contributed by atoms with Gasteiger partial charge in [-0.25, -0.2) is 4.98 Å². The molecule has 4 rings (SSSR count). The van der Waals surface area contributed by atoms with Crippen LogP contribution in [-0.4, -0.2) is 60.1 Å². The maximum atomic E-state index is 12.8. The van der Waals surface area contributed by atoms with Gasteiger partial charge in [-0.05, 0) is 37.5 Å². The first-order valence-electron chi connectivity index (χ1n) is 10.5. The lowest BCUT2D eigenvalue weighted by Gasteiger charge is -2.21. The predicted octanol–water partition coefficient (Wildman–Crippen LogP) is 3.28. The van der Waals surface area contributed by atoms with Crippen LogP contribution in [0.5, 0.6) is 11.5 Å². The summed E-state index contributed by atoms with van der Waals surface area (Å²) < 4.78 is 11.4. The summed E-state index contributed by atoms with van der Waals surface area (Å²) >= 11 is 1.70. The molecule has 156 valence electrons. The molecule has 3 heterocycles. The van der Waals surface area contributed by atoms with Crippen LogP contribution in [-0.2, 0) is 17.8 Å². The largest absolute Gasteiger partial charge is 0.490 e. The standard InChI is InChI=1S/C22H29N3O3S/c1-17-23-19(16-29-17)15-24-8-2-9-25(11-10-24)22(26)7-5-18-4-6-20-21(14-18)28-13-3-12-27-20/h4,6,14,16H,2-3,5,7-13,15H2,1H3. The Bertz CT molecular complexity index is 838. The Hall–Kier alpha value is -2.12. The second kappa shape index (κ2) is 9.59. The smallest absolute Gasteiger partial charge is 0.222 e. The van der Waals surface area contributed by atoms with E-state index in [0.29, 0.717) is 19.6 Å². The molecule has 0 spiro atoms. The van der Waals surface area contributed by atoms with Gasteiger partial charge in [-0.1, -0.05) is 6.07 Å². The normalized spacial score (nSPS) is 17.6. The van der Waals surface area contributed by atoms with E-state index < -0.39 is 0 Å². The zero-order valence-corrected chi connectivity index (χ0v) is 17.9. The van der Waals surface area contributed by atoms with Crippen LogP contribution in [0.15, 0.2) is 23.6 Å². The van der Waals surface area contributed by atoms with E-state index in [1.807, 2.05) is 30.0 Å². The lowest BCUT2D eigenvalue weighted by atomic mass is 10.1. The molecule has 29 heavy (non-hydrogen) atoms. The van der Waals surface area contributed by atoms with Gasteiger partial charge < -0.3 is 14.4 Å². The van der Waals surface area contributed by atoms with Crippen molar-refractivity contribution in [3.63, 3.8) is 0 Å². The number of fused-ring (bicyclic) bond motifs is 1. The Labute approximate surface area is 176 Å². The third-order valence-electron chi connectivity index (χ3n) is 5.43.